The van der Waals surface area contributed by atoms with Crippen LogP contribution in [-0.2, 0) is 16.1 Å². The van der Waals surface area contributed by atoms with Gasteiger partial charge in [0.25, 0.3) is 0 Å². The zero-order chi connectivity index (χ0) is 19.4. The van der Waals surface area contributed by atoms with Gasteiger partial charge in [0.15, 0.2) is 0 Å². The molecule has 144 valence electrons. The van der Waals surface area contributed by atoms with Gasteiger partial charge in [-0.2, -0.15) is 0 Å². The lowest BCUT2D eigenvalue weighted by Crippen LogP contribution is -2.57. The Balaban J connectivity index is 1.86. The molecule has 0 aromatic heterocycles. The first-order chi connectivity index (χ1) is 12.1. The fourth-order valence-electron chi connectivity index (χ4n) is 3.04. The Morgan fingerprint density at radius 3 is 2.46 bits per heavy atom. The lowest BCUT2D eigenvalue weighted by molar-refractivity contribution is 0.0277. The fourth-order valence-corrected chi connectivity index (χ4v) is 3.04. The number of benzene rings is 1. The first kappa shape index (κ1) is 20.1. The van der Waals surface area contributed by atoms with Crippen LogP contribution in [0.2, 0.25) is 0 Å². The molecule has 1 atom stereocenters. The van der Waals surface area contributed by atoms with Gasteiger partial charge in [0, 0.05) is 24.5 Å². The van der Waals surface area contributed by atoms with Crippen molar-refractivity contribution >= 4 is 12.2 Å². The number of likely N-dealkylation sites (tertiary alicyclic amines) is 1. The fraction of sp³-hybridized carbons (Fsp3) is 0.600. The molecular formula is C20H30N2O4. The van der Waals surface area contributed by atoms with Gasteiger partial charge in [-0.15, -0.1) is 0 Å². The Labute approximate surface area is 155 Å². The van der Waals surface area contributed by atoms with Crippen LogP contribution in [0.5, 0.6) is 0 Å². The Morgan fingerprint density at radius 1 is 1.23 bits per heavy atom. The van der Waals surface area contributed by atoms with Gasteiger partial charge in [0.05, 0.1) is 0 Å². The lowest BCUT2D eigenvalue weighted by Gasteiger charge is -2.43. The summed E-state index contributed by atoms with van der Waals surface area (Å²) in [5.74, 6) is 0. The standard InChI is InChI=1S/C20H30N2O4/c1-19(2,3)26-17(23)21-16-11-12-22(14-20(16,4)5)18(24)25-13-15-9-7-6-8-10-15/h6-10,16H,11-14H2,1-5H3,(H,21,23)/t16-/m0/s1. The Kier molecular flexibility index (Phi) is 6.16. The second-order valence-electron chi connectivity index (χ2n) is 8.44. The Hall–Kier alpha value is -2.24. The van der Waals surface area contributed by atoms with Crippen LogP contribution < -0.4 is 5.32 Å². The summed E-state index contributed by atoms with van der Waals surface area (Å²) in [6.07, 6.45) is -0.0829. The summed E-state index contributed by atoms with van der Waals surface area (Å²) < 4.78 is 10.8. The highest BCUT2D eigenvalue weighted by Gasteiger charge is 2.39. The summed E-state index contributed by atoms with van der Waals surface area (Å²) in [6.45, 7) is 10.9. The van der Waals surface area contributed by atoms with Crippen LogP contribution in [0.15, 0.2) is 30.3 Å². The van der Waals surface area contributed by atoms with E-state index in [0.29, 0.717) is 19.5 Å². The molecule has 0 saturated carbocycles. The van der Waals surface area contributed by atoms with Crippen molar-refractivity contribution in [3.05, 3.63) is 35.9 Å². The third kappa shape index (κ3) is 5.93. The number of hydrogen-bond donors (Lipinski definition) is 1. The minimum atomic E-state index is -0.532. The minimum Gasteiger partial charge on any atom is -0.445 e. The van der Waals surface area contributed by atoms with E-state index in [1.807, 2.05) is 65.0 Å². The summed E-state index contributed by atoms with van der Waals surface area (Å²) in [5, 5.41) is 2.94. The molecule has 1 aliphatic heterocycles. The molecule has 0 spiro atoms. The number of carbonyl (C=O) groups is 2. The van der Waals surface area contributed by atoms with Crippen molar-refractivity contribution in [2.24, 2.45) is 5.41 Å². The van der Waals surface area contributed by atoms with E-state index in [1.165, 1.54) is 0 Å². The van der Waals surface area contributed by atoms with E-state index in [1.54, 1.807) is 4.90 Å². The van der Waals surface area contributed by atoms with E-state index in [0.717, 1.165) is 5.56 Å². The van der Waals surface area contributed by atoms with Crippen molar-refractivity contribution < 1.29 is 19.1 Å². The molecule has 0 unspecified atom stereocenters. The number of amides is 2. The third-order valence-electron chi connectivity index (χ3n) is 4.38. The molecule has 0 aliphatic carbocycles. The predicted molar refractivity (Wildman–Crippen MR) is 99.8 cm³/mol. The maximum atomic E-state index is 12.4. The van der Waals surface area contributed by atoms with E-state index in [-0.39, 0.29) is 24.2 Å². The van der Waals surface area contributed by atoms with E-state index < -0.39 is 11.7 Å². The monoisotopic (exact) mass is 362 g/mol. The second kappa shape index (κ2) is 7.98. The highest BCUT2D eigenvalue weighted by Crippen LogP contribution is 2.30. The van der Waals surface area contributed by atoms with Crippen molar-refractivity contribution in [3.63, 3.8) is 0 Å². The van der Waals surface area contributed by atoms with Crippen LogP contribution in [0.4, 0.5) is 9.59 Å². The molecule has 1 aromatic rings. The highest BCUT2D eigenvalue weighted by molar-refractivity contribution is 5.69. The molecule has 1 saturated heterocycles. The van der Waals surface area contributed by atoms with Crippen LogP contribution in [0.1, 0.15) is 46.6 Å². The smallest absolute Gasteiger partial charge is 0.410 e. The summed E-state index contributed by atoms with van der Waals surface area (Å²) in [6, 6.07) is 9.55. The topological polar surface area (TPSA) is 67.9 Å². The zero-order valence-corrected chi connectivity index (χ0v) is 16.4. The van der Waals surface area contributed by atoms with E-state index >= 15 is 0 Å². The lowest BCUT2D eigenvalue weighted by atomic mass is 9.79. The number of ether oxygens (including phenoxy) is 2. The molecule has 2 amide bonds. The largest absolute Gasteiger partial charge is 0.445 e. The predicted octanol–water partition coefficient (Wildman–Crippen LogP) is 3.95. The average molecular weight is 362 g/mol. The SMILES string of the molecule is CC(C)(C)OC(=O)N[C@H]1CCN(C(=O)OCc2ccccc2)CC1(C)C. The van der Waals surface area contributed by atoms with E-state index in [4.69, 9.17) is 9.47 Å². The van der Waals surface area contributed by atoms with Gasteiger partial charge in [-0.25, -0.2) is 9.59 Å². The van der Waals surface area contributed by atoms with Crippen LogP contribution >= 0.6 is 0 Å². The number of nitrogens with zero attached hydrogens (tertiary/aromatic N) is 1. The van der Waals surface area contributed by atoms with Crippen molar-refractivity contribution in [2.45, 2.75) is 59.3 Å². The van der Waals surface area contributed by atoms with Crippen LogP contribution in [0.25, 0.3) is 0 Å². The minimum absolute atomic E-state index is 0.0597. The van der Waals surface area contributed by atoms with Crippen molar-refractivity contribution in [1.82, 2.24) is 10.2 Å². The van der Waals surface area contributed by atoms with E-state index in [2.05, 4.69) is 5.32 Å². The molecule has 26 heavy (non-hydrogen) atoms. The van der Waals surface area contributed by atoms with Gasteiger partial charge < -0.3 is 19.7 Å². The number of hydrogen-bond acceptors (Lipinski definition) is 4. The van der Waals surface area contributed by atoms with Crippen molar-refractivity contribution in [3.8, 4) is 0 Å². The van der Waals surface area contributed by atoms with Gasteiger partial charge in [-0.3, -0.25) is 0 Å². The maximum Gasteiger partial charge on any atom is 0.410 e. The molecule has 1 N–H and O–H groups in total. The van der Waals surface area contributed by atoms with Crippen LogP contribution in [0, 0.1) is 5.41 Å². The number of alkyl carbamates (subject to hydrolysis) is 1. The van der Waals surface area contributed by atoms with Gasteiger partial charge in [-0.05, 0) is 32.8 Å². The molecule has 1 fully saturated rings. The molecular weight excluding hydrogens is 332 g/mol. The Morgan fingerprint density at radius 2 is 1.88 bits per heavy atom. The first-order valence-electron chi connectivity index (χ1n) is 9.02. The summed E-state index contributed by atoms with van der Waals surface area (Å²) in [4.78, 5) is 26.1. The quantitative estimate of drug-likeness (QED) is 0.884. The van der Waals surface area contributed by atoms with Gasteiger partial charge >= 0.3 is 12.2 Å². The molecule has 0 radical (unpaired) electrons. The van der Waals surface area contributed by atoms with Gasteiger partial charge in [-0.1, -0.05) is 44.2 Å². The third-order valence-corrected chi connectivity index (χ3v) is 4.38. The second-order valence-corrected chi connectivity index (χ2v) is 8.44. The summed E-state index contributed by atoms with van der Waals surface area (Å²) >= 11 is 0. The van der Waals surface area contributed by atoms with Gasteiger partial charge in [0.2, 0.25) is 0 Å². The molecule has 6 nitrogen and oxygen atoms in total. The molecule has 1 aliphatic rings. The zero-order valence-electron chi connectivity index (χ0n) is 16.4. The maximum absolute atomic E-state index is 12.4. The van der Waals surface area contributed by atoms with Crippen molar-refractivity contribution in [1.29, 1.82) is 0 Å². The summed E-state index contributed by atoms with van der Waals surface area (Å²) in [7, 11) is 0. The average Bonchev–Trinajstić information content (AvgIpc) is 2.53. The molecule has 1 aromatic carbocycles. The van der Waals surface area contributed by atoms with Crippen LogP contribution in [0.3, 0.4) is 0 Å². The number of carbonyl (C=O) groups excluding carboxylic acids is 2. The highest BCUT2D eigenvalue weighted by atomic mass is 16.6. The number of nitrogens with one attached hydrogen (secondary N) is 1. The first-order valence-corrected chi connectivity index (χ1v) is 9.02. The molecule has 6 heteroatoms. The molecule has 1 heterocycles. The van der Waals surface area contributed by atoms with Gasteiger partial charge in [0.1, 0.15) is 12.2 Å². The molecule has 2 rings (SSSR count). The summed E-state index contributed by atoms with van der Waals surface area (Å²) in [5.41, 5.74) is 0.151. The number of rotatable bonds is 3. The normalized spacial score (nSPS) is 19.6. The number of piperidine rings is 1. The van der Waals surface area contributed by atoms with Crippen LogP contribution in [-0.4, -0.2) is 41.8 Å². The molecule has 0 bridgehead atoms. The van der Waals surface area contributed by atoms with E-state index in [9.17, 15) is 9.59 Å². The Bertz CT molecular complexity index is 622. The van der Waals surface area contributed by atoms with Crippen molar-refractivity contribution in [2.75, 3.05) is 13.1 Å².